The molecular formula is C13H13NO3. The van der Waals surface area contributed by atoms with Crippen LogP contribution in [0.15, 0.2) is 29.1 Å². The van der Waals surface area contributed by atoms with Gasteiger partial charge in [0.2, 0.25) is 0 Å². The highest BCUT2D eigenvalue weighted by molar-refractivity contribution is 5.86. The number of fused-ring (bicyclic) bond motifs is 1. The fourth-order valence-corrected chi connectivity index (χ4v) is 1.82. The van der Waals surface area contributed by atoms with Crippen LogP contribution in [0.25, 0.3) is 10.9 Å². The fraction of sp³-hybridized carbons (Fsp3) is 0.231. The molecule has 1 aromatic heterocycles. The van der Waals surface area contributed by atoms with Gasteiger partial charge in [-0.05, 0) is 19.1 Å². The number of H-pyrrole nitrogens is 1. The zero-order valence-corrected chi connectivity index (χ0v) is 9.74. The van der Waals surface area contributed by atoms with Crippen LogP contribution < -0.4 is 10.3 Å². The Balaban J connectivity index is 2.66. The van der Waals surface area contributed by atoms with Gasteiger partial charge in [0.05, 0.1) is 12.6 Å². The molecule has 0 saturated carbocycles. The number of rotatable bonds is 3. The zero-order chi connectivity index (χ0) is 12.4. The molecule has 0 fully saturated rings. The maximum Gasteiger partial charge on any atom is 0.252 e. The van der Waals surface area contributed by atoms with Crippen molar-refractivity contribution in [2.45, 2.75) is 13.3 Å². The van der Waals surface area contributed by atoms with E-state index in [0.717, 1.165) is 5.39 Å². The van der Waals surface area contributed by atoms with Gasteiger partial charge in [0.25, 0.3) is 5.56 Å². The third-order valence-corrected chi connectivity index (χ3v) is 2.58. The average Bonchev–Trinajstić information content (AvgIpc) is 2.29. The van der Waals surface area contributed by atoms with Gasteiger partial charge < -0.3 is 9.72 Å². The second-order valence-electron chi connectivity index (χ2n) is 3.93. The van der Waals surface area contributed by atoms with Gasteiger partial charge in [-0.3, -0.25) is 9.59 Å². The number of aromatic amines is 1. The molecule has 1 aromatic carbocycles. The minimum atomic E-state index is -0.239. The zero-order valence-electron chi connectivity index (χ0n) is 9.74. The predicted molar refractivity (Wildman–Crippen MR) is 65.5 cm³/mol. The monoisotopic (exact) mass is 231 g/mol. The molecule has 88 valence electrons. The first-order valence-electron chi connectivity index (χ1n) is 5.30. The van der Waals surface area contributed by atoms with Crippen molar-refractivity contribution in [2.24, 2.45) is 0 Å². The molecule has 4 heteroatoms. The number of Topliss-reactive ketones (excluding diaryl/α,β-unsaturated/α-hetero) is 1. The summed E-state index contributed by atoms with van der Waals surface area (Å²) in [5, 5.41) is 0.861. The summed E-state index contributed by atoms with van der Waals surface area (Å²) < 4.78 is 5.17. The minimum Gasteiger partial charge on any atom is -0.495 e. The van der Waals surface area contributed by atoms with Crippen LogP contribution in [0.3, 0.4) is 0 Å². The number of hydrogen-bond acceptors (Lipinski definition) is 3. The van der Waals surface area contributed by atoms with E-state index in [4.69, 9.17) is 4.74 Å². The van der Waals surface area contributed by atoms with Gasteiger partial charge in [0.1, 0.15) is 11.5 Å². The van der Waals surface area contributed by atoms with Crippen molar-refractivity contribution < 1.29 is 9.53 Å². The molecule has 0 saturated heterocycles. The van der Waals surface area contributed by atoms with Gasteiger partial charge in [-0.25, -0.2) is 0 Å². The summed E-state index contributed by atoms with van der Waals surface area (Å²) in [7, 11) is 1.55. The fourth-order valence-electron chi connectivity index (χ4n) is 1.82. The molecule has 0 radical (unpaired) electrons. The summed E-state index contributed by atoms with van der Waals surface area (Å²) in [5.74, 6) is 0.590. The minimum absolute atomic E-state index is 0.0299. The van der Waals surface area contributed by atoms with E-state index in [-0.39, 0.29) is 17.8 Å². The number of aromatic nitrogens is 1. The van der Waals surface area contributed by atoms with Gasteiger partial charge in [-0.2, -0.15) is 0 Å². The number of benzene rings is 1. The van der Waals surface area contributed by atoms with Crippen molar-refractivity contribution in [3.8, 4) is 5.75 Å². The Bertz CT molecular complexity index is 628. The molecule has 0 amide bonds. The molecule has 17 heavy (non-hydrogen) atoms. The predicted octanol–water partition coefficient (Wildman–Crippen LogP) is 1.67. The van der Waals surface area contributed by atoms with Crippen molar-refractivity contribution >= 4 is 16.7 Å². The standard InChI is InChI=1S/C13H13NO3/c1-8(15)6-10-7-9-4-3-5-11(17-2)12(9)14-13(10)16/h3-5,7H,6H2,1-2H3,(H,14,16). The van der Waals surface area contributed by atoms with E-state index in [1.54, 1.807) is 19.2 Å². The molecule has 0 atom stereocenters. The highest BCUT2D eigenvalue weighted by Crippen LogP contribution is 2.22. The first-order chi connectivity index (χ1) is 8.11. The molecule has 4 nitrogen and oxygen atoms in total. The maximum atomic E-state index is 11.8. The van der Waals surface area contributed by atoms with E-state index < -0.39 is 0 Å². The third kappa shape index (κ3) is 2.20. The first-order valence-corrected chi connectivity index (χ1v) is 5.30. The van der Waals surface area contributed by atoms with Crippen LogP contribution >= 0.6 is 0 Å². The summed E-state index contributed by atoms with van der Waals surface area (Å²) in [4.78, 5) is 25.6. The Morgan fingerprint density at radius 1 is 1.41 bits per heavy atom. The van der Waals surface area contributed by atoms with E-state index >= 15 is 0 Å². The second-order valence-corrected chi connectivity index (χ2v) is 3.93. The Morgan fingerprint density at radius 2 is 2.18 bits per heavy atom. The second kappa shape index (κ2) is 4.41. The number of ketones is 1. The summed E-state index contributed by atoms with van der Waals surface area (Å²) in [6, 6.07) is 7.23. The van der Waals surface area contributed by atoms with E-state index in [2.05, 4.69) is 4.98 Å². The van der Waals surface area contributed by atoms with Crippen LogP contribution in [0, 0.1) is 0 Å². The highest BCUT2D eigenvalue weighted by Gasteiger charge is 2.07. The lowest BCUT2D eigenvalue weighted by Gasteiger charge is -2.06. The number of pyridine rings is 1. The normalized spacial score (nSPS) is 10.5. The Kier molecular flexibility index (Phi) is 2.95. The molecule has 0 aliphatic heterocycles. The number of nitrogens with one attached hydrogen (secondary N) is 1. The summed E-state index contributed by atoms with van der Waals surface area (Å²) in [6.45, 7) is 1.47. The number of methoxy groups -OCH3 is 1. The maximum absolute atomic E-state index is 11.8. The van der Waals surface area contributed by atoms with Crippen molar-refractivity contribution in [1.82, 2.24) is 4.98 Å². The average molecular weight is 231 g/mol. The number of ether oxygens (including phenoxy) is 1. The van der Waals surface area contributed by atoms with Crippen molar-refractivity contribution in [3.63, 3.8) is 0 Å². The van der Waals surface area contributed by atoms with Crippen molar-refractivity contribution in [2.75, 3.05) is 7.11 Å². The number of para-hydroxylation sites is 1. The number of carbonyl (C=O) groups is 1. The molecule has 1 heterocycles. The van der Waals surface area contributed by atoms with Crippen LogP contribution in [0.1, 0.15) is 12.5 Å². The molecule has 0 aliphatic rings. The van der Waals surface area contributed by atoms with E-state index in [0.29, 0.717) is 16.8 Å². The quantitative estimate of drug-likeness (QED) is 0.874. The van der Waals surface area contributed by atoms with Crippen LogP contribution in [-0.2, 0) is 11.2 Å². The lowest BCUT2D eigenvalue weighted by atomic mass is 10.1. The molecule has 0 aliphatic carbocycles. The van der Waals surface area contributed by atoms with Gasteiger partial charge in [0, 0.05) is 17.4 Å². The van der Waals surface area contributed by atoms with Gasteiger partial charge in [0.15, 0.2) is 0 Å². The highest BCUT2D eigenvalue weighted by atomic mass is 16.5. The molecule has 2 aromatic rings. The van der Waals surface area contributed by atoms with Gasteiger partial charge >= 0.3 is 0 Å². The molecule has 1 N–H and O–H groups in total. The summed E-state index contributed by atoms with van der Waals surface area (Å²) in [5.41, 5.74) is 0.905. The van der Waals surface area contributed by atoms with Crippen LogP contribution in [-0.4, -0.2) is 17.9 Å². The summed E-state index contributed by atoms with van der Waals surface area (Å²) in [6.07, 6.45) is 0.155. The van der Waals surface area contributed by atoms with Crippen LogP contribution in [0.2, 0.25) is 0 Å². The third-order valence-electron chi connectivity index (χ3n) is 2.58. The van der Waals surface area contributed by atoms with E-state index in [9.17, 15) is 9.59 Å². The van der Waals surface area contributed by atoms with Gasteiger partial charge in [-0.1, -0.05) is 12.1 Å². The number of carbonyl (C=O) groups excluding carboxylic acids is 1. The molecule has 0 unspecified atom stereocenters. The Morgan fingerprint density at radius 3 is 2.82 bits per heavy atom. The number of hydrogen-bond donors (Lipinski definition) is 1. The lowest BCUT2D eigenvalue weighted by Crippen LogP contribution is -2.15. The molecule has 0 spiro atoms. The van der Waals surface area contributed by atoms with Crippen LogP contribution in [0.4, 0.5) is 0 Å². The Labute approximate surface area is 98.2 Å². The SMILES string of the molecule is COc1cccc2cc(CC(C)=O)c(=O)[nH]c12. The van der Waals surface area contributed by atoms with Crippen molar-refractivity contribution in [1.29, 1.82) is 0 Å². The largest absolute Gasteiger partial charge is 0.495 e. The lowest BCUT2D eigenvalue weighted by molar-refractivity contribution is -0.116. The molecular weight excluding hydrogens is 218 g/mol. The van der Waals surface area contributed by atoms with Crippen LogP contribution in [0.5, 0.6) is 5.75 Å². The topological polar surface area (TPSA) is 59.2 Å². The van der Waals surface area contributed by atoms with E-state index in [1.165, 1.54) is 6.92 Å². The van der Waals surface area contributed by atoms with Gasteiger partial charge in [-0.15, -0.1) is 0 Å². The summed E-state index contributed by atoms with van der Waals surface area (Å²) >= 11 is 0. The van der Waals surface area contributed by atoms with E-state index in [1.807, 2.05) is 12.1 Å². The molecule has 2 rings (SSSR count). The first kappa shape index (κ1) is 11.4. The van der Waals surface area contributed by atoms with Crippen molar-refractivity contribution in [3.05, 3.63) is 40.2 Å². The Hall–Kier alpha value is -2.10. The molecule has 0 bridgehead atoms. The smallest absolute Gasteiger partial charge is 0.252 e.